The monoisotopic (exact) mass is 441 g/mol. The first-order valence-electron chi connectivity index (χ1n) is 10.5. The predicted octanol–water partition coefficient (Wildman–Crippen LogP) is 2.05. The summed E-state index contributed by atoms with van der Waals surface area (Å²) in [5.41, 5.74) is 1.85. The number of aromatic nitrogens is 1. The lowest BCUT2D eigenvalue weighted by Crippen LogP contribution is -2.49. The van der Waals surface area contributed by atoms with Gasteiger partial charge in [-0.25, -0.2) is 8.42 Å². The lowest BCUT2D eigenvalue weighted by Gasteiger charge is -2.28. The second kappa shape index (κ2) is 9.62. The molecular weight excluding hydrogens is 414 g/mol. The molecule has 2 aromatic rings. The van der Waals surface area contributed by atoms with E-state index < -0.39 is 9.84 Å². The molecule has 2 fully saturated rings. The van der Waals surface area contributed by atoms with E-state index in [1.165, 1.54) is 6.08 Å². The Bertz CT molecular complexity index is 1020. The van der Waals surface area contributed by atoms with Crippen molar-refractivity contribution in [3.63, 3.8) is 0 Å². The number of nitrogens with zero attached hydrogens (tertiary/aromatic N) is 2. The Morgan fingerprint density at radius 2 is 1.94 bits per heavy atom. The van der Waals surface area contributed by atoms with Gasteiger partial charge >= 0.3 is 0 Å². The Morgan fingerprint density at radius 3 is 2.65 bits per heavy atom. The molecule has 0 bridgehead atoms. The Labute approximate surface area is 183 Å². The van der Waals surface area contributed by atoms with E-state index in [-0.39, 0.29) is 29.5 Å². The highest BCUT2D eigenvalue weighted by Gasteiger charge is 2.42. The average Bonchev–Trinajstić information content (AvgIpc) is 3.39. The quantitative estimate of drug-likeness (QED) is 0.662. The van der Waals surface area contributed by atoms with Crippen LogP contribution in [0.5, 0.6) is 5.75 Å². The molecule has 164 valence electrons. The molecule has 3 heterocycles. The molecule has 0 aliphatic carbocycles. The highest BCUT2D eigenvalue weighted by atomic mass is 32.2. The van der Waals surface area contributed by atoms with E-state index in [0.717, 1.165) is 42.8 Å². The zero-order valence-electron chi connectivity index (χ0n) is 17.3. The van der Waals surface area contributed by atoms with Crippen LogP contribution in [-0.2, 0) is 21.2 Å². The maximum Gasteiger partial charge on any atom is 0.244 e. The molecular formula is C23H27N3O4S. The molecule has 0 spiro atoms. The topological polar surface area (TPSA) is 88.6 Å². The van der Waals surface area contributed by atoms with Crippen LogP contribution in [0.25, 0.3) is 6.08 Å². The minimum atomic E-state index is -3.12. The summed E-state index contributed by atoms with van der Waals surface area (Å²) >= 11 is 0. The standard InChI is InChI=1S/C23H27N3O4S/c27-23(25-21-16-31(28,29)17-22(21)26-12-1-2-13-26)10-7-18-5-8-20(9-6-18)30-15-19-4-3-11-24-14-19/h3-11,14,21-22H,1-2,12-13,15-17H2,(H,25,27)/b10-7+. The van der Waals surface area contributed by atoms with Gasteiger partial charge in [0.1, 0.15) is 12.4 Å². The van der Waals surface area contributed by atoms with Crippen molar-refractivity contribution in [2.24, 2.45) is 0 Å². The van der Waals surface area contributed by atoms with E-state index in [1.54, 1.807) is 18.5 Å². The van der Waals surface area contributed by atoms with Crippen molar-refractivity contribution in [1.82, 2.24) is 15.2 Å². The fraction of sp³-hybridized carbons (Fsp3) is 0.391. The van der Waals surface area contributed by atoms with Gasteiger partial charge in [-0.2, -0.15) is 0 Å². The summed E-state index contributed by atoms with van der Waals surface area (Å²) in [5, 5.41) is 2.90. The molecule has 31 heavy (non-hydrogen) atoms. The van der Waals surface area contributed by atoms with Crippen LogP contribution in [0.1, 0.15) is 24.0 Å². The van der Waals surface area contributed by atoms with Crippen LogP contribution in [0, 0.1) is 0 Å². The number of benzene rings is 1. The van der Waals surface area contributed by atoms with Crippen LogP contribution < -0.4 is 10.1 Å². The number of hydrogen-bond donors (Lipinski definition) is 1. The summed E-state index contributed by atoms with van der Waals surface area (Å²) in [6.07, 6.45) is 8.82. The lowest BCUT2D eigenvalue weighted by atomic mass is 10.1. The van der Waals surface area contributed by atoms with E-state index in [2.05, 4.69) is 15.2 Å². The molecule has 4 rings (SSSR count). The average molecular weight is 442 g/mol. The van der Waals surface area contributed by atoms with Gasteiger partial charge in [-0.05, 0) is 55.8 Å². The highest BCUT2D eigenvalue weighted by molar-refractivity contribution is 7.91. The van der Waals surface area contributed by atoms with Crippen LogP contribution in [0.4, 0.5) is 0 Å². The third kappa shape index (κ3) is 5.92. The van der Waals surface area contributed by atoms with E-state index in [4.69, 9.17) is 4.74 Å². The normalized spacial score (nSPS) is 23.2. The van der Waals surface area contributed by atoms with Crippen molar-refractivity contribution in [3.05, 3.63) is 66.0 Å². The Balaban J connectivity index is 1.31. The van der Waals surface area contributed by atoms with Gasteiger partial charge in [0.05, 0.1) is 17.5 Å². The predicted molar refractivity (Wildman–Crippen MR) is 119 cm³/mol. The van der Waals surface area contributed by atoms with Crippen molar-refractivity contribution in [2.45, 2.75) is 31.5 Å². The summed E-state index contributed by atoms with van der Waals surface area (Å²) in [4.78, 5) is 18.7. The number of sulfone groups is 1. The Morgan fingerprint density at radius 1 is 1.16 bits per heavy atom. The van der Waals surface area contributed by atoms with Gasteiger partial charge in [0.2, 0.25) is 5.91 Å². The van der Waals surface area contributed by atoms with E-state index in [9.17, 15) is 13.2 Å². The minimum absolute atomic E-state index is 0.0106. The van der Waals surface area contributed by atoms with Crippen molar-refractivity contribution >= 4 is 21.8 Å². The number of nitrogens with one attached hydrogen (secondary N) is 1. The third-order valence-electron chi connectivity index (χ3n) is 5.70. The van der Waals surface area contributed by atoms with Crippen molar-refractivity contribution in [2.75, 3.05) is 24.6 Å². The molecule has 2 atom stereocenters. The zero-order chi connectivity index (χ0) is 21.7. The molecule has 1 amide bonds. The van der Waals surface area contributed by atoms with Crippen molar-refractivity contribution in [3.8, 4) is 5.75 Å². The number of hydrogen-bond acceptors (Lipinski definition) is 6. The fourth-order valence-electron chi connectivity index (χ4n) is 4.13. The third-order valence-corrected chi connectivity index (χ3v) is 7.41. The second-order valence-corrected chi connectivity index (χ2v) is 10.2. The summed E-state index contributed by atoms with van der Waals surface area (Å²) in [6.45, 7) is 2.24. The Hall–Kier alpha value is -2.71. The van der Waals surface area contributed by atoms with Gasteiger partial charge in [0.15, 0.2) is 9.84 Å². The fourth-order valence-corrected chi connectivity index (χ4v) is 6.08. The summed E-state index contributed by atoms with van der Waals surface area (Å²) < 4.78 is 30.0. The van der Waals surface area contributed by atoms with Gasteiger partial charge in [-0.1, -0.05) is 18.2 Å². The number of rotatable bonds is 7. The SMILES string of the molecule is O=C(/C=C/c1ccc(OCc2cccnc2)cc1)NC1CS(=O)(=O)CC1N1CCCC1. The summed E-state index contributed by atoms with van der Waals surface area (Å²) in [7, 11) is -3.12. The molecule has 8 heteroatoms. The molecule has 2 aliphatic heterocycles. The first-order chi connectivity index (χ1) is 15.0. The van der Waals surface area contributed by atoms with Crippen LogP contribution in [0.3, 0.4) is 0 Å². The minimum Gasteiger partial charge on any atom is -0.489 e. The smallest absolute Gasteiger partial charge is 0.244 e. The van der Waals surface area contributed by atoms with Crippen LogP contribution in [0.2, 0.25) is 0 Å². The van der Waals surface area contributed by atoms with Crippen molar-refractivity contribution in [1.29, 1.82) is 0 Å². The number of ether oxygens (including phenoxy) is 1. The molecule has 1 N–H and O–H groups in total. The number of carbonyl (C=O) groups is 1. The number of carbonyl (C=O) groups excluding carboxylic acids is 1. The molecule has 2 saturated heterocycles. The van der Waals surface area contributed by atoms with Gasteiger partial charge in [-0.3, -0.25) is 14.7 Å². The lowest BCUT2D eigenvalue weighted by molar-refractivity contribution is -0.117. The van der Waals surface area contributed by atoms with Crippen LogP contribution in [-0.4, -0.2) is 60.9 Å². The first-order valence-corrected chi connectivity index (χ1v) is 12.4. The zero-order valence-corrected chi connectivity index (χ0v) is 18.1. The molecule has 1 aromatic heterocycles. The maximum absolute atomic E-state index is 12.4. The molecule has 1 aromatic carbocycles. The summed E-state index contributed by atoms with van der Waals surface area (Å²) in [6, 6.07) is 10.8. The molecule has 7 nitrogen and oxygen atoms in total. The van der Waals surface area contributed by atoms with Gasteiger partial charge in [0.25, 0.3) is 0 Å². The van der Waals surface area contributed by atoms with E-state index in [1.807, 2.05) is 36.4 Å². The molecule has 0 saturated carbocycles. The largest absolute Gasteiger partial charge is 0.489 e. The number of pyridine rings is 1. The molecule has 2 unspecified atom stereocenters. The van der Waals surface area contributed by atoms with E-state index >= 15 is 0 Å². The first kappa shape index (κ1) is 21.5. The van der Waals surface area contributed by atoms with Gasteiger partial charge in [-0.15, -0.1) is 0 Å². The summed E-state index contributed by atoms with van der Waals surface area (Å²) in [5.74, 6) is 0.595. The molecule has 0 radical (unpaired) electrons. The van der Waals surface area contributed by atoms with Gasteiger partial charge < -0.3 is 10.1 Å². The second-order valence-electron chi connectivity index (χ2n) is 8.05. The molecule has 2 aliphatic rings. The van der Waals surface area contributed by atoms with Crippen molar-refractivity contribution < 1.29 is 17.9 Å². The van der Waals surface area contributed by atoms with Gasteiger partial charge in [0, 0.05) is 30.1 Å². The maximum atomic E-state index is 12.4. The highest BCUT2D eigenvalue weighted by Crippen LogP contribution is 2.22. The number of likely N-dealkylation sites (tertiary alicyclic amines) is 1. The Kier molecular flexibility index (Phi) is 6.67. The van der Waals surface area contributed by atoms with Crippen LogP contribution in [0.15, 0.2) is 54.9 Å². The van der Waals surface area contributed by atoms with E-state index in [0.29, 0.717) is 6.61 Å². The number of amides is 1. The van der Waals surface area contributed by atoms with Crippen LogP contribution >= 0.6 is 0 Å².